The largest absolute Gasteiger partial charge is 0.465 e. The van der Waals surface area contributed by atoms with E-state index in [9.17, 15) is 23.1 Å². The molecule has 0 bridgehead atoms. The summed E-state index contributed by atoms with van der Waals surface area (Å²) >= 11 is 0. The topological polar surface area (TPSA) is 124 Å². The first-order valence-corrected chi connectivity index (χ1v) is 12.1. The van der Waals surface area contributed by atoms with Crippen LogP contribution in [0.4, 0.5) is 4.79 Å². The van der Waals surface area contributed by atoms with Crippen molar-refractivity contribution in [3.05, 3.63) is 66.1 Å². The summed E-state index contributed by atoms with van der Waals surface area (Å²) in [4.78, 5) is 29.3. The molecule has 3 aromatic rings. The molecule has 2 amide bonds. The molecule has 2 aliphatic rings. The van der Waals surface area contributed by atoms with E-state index in [2.05, 4.69) is 10.3 Å². The van der Waals surface area contributed by atoms with Crippen LogP contribution in [0.1, 0.15) is 22.3 Å². The number of carbonyl (C=O) groups is 2. The molecule has 0 radical (unpaired) electrons. The fourth-order valence-electron chi connectivity index (χ4n) is 4.63. The summed E-state index contributed by atoms with van der Waals surface area (Å²) in [5, 5.41) is 12.1. The zero-order chi connectivity index (χ0) is 23.2. The number of sulfonamides is 1. The summed E-state index contributed by atoms with van der Waals surface area (Å²) in [6.45, 7) is 1.22. The van der Waals surface area contributed by atoms with Crippen LogP contribution in [0.3, 0.4) is 0 Å². The maximum Gasteiger partial charge on any atom is 0.407 e. The number of amides is 2. The van der Waals surface area contributed by atoms with Crippen molar-refractivity contribution in [1.29, 1.82) is 0 Å². The fraction of sp³-hybridized carbons (Fsp3) is 0.318. The molecule has 0 saturated carbocycles. The number of rotatable bonds is 5. The zero-order valence-corrected chi connectivity index (χ0v) is 18.5. The van der Waals surface area contributed by atoms with E-state index in [1.165, 1.54) is 21.3 Å². The van der Waals surface area contributed by atoms with Gasteiger partial charge in [0.2, 0.25) is 10.0 Å². The lowest BCUT2D eigenvalue weighted by molar-refractivity contribution is 0.0950. The summed E-state index contributed by atoms with van der Waals surface area (Å²) in [5.41, 5.74) is 2.01. The van der Waals surface area contributed by atoms with Crippen LogP contribution in [-0.2, 0) is 16.6 Å². The van der Waals surface area contributed by atoms with E-state index in [4.69, 9.17) is 0 Å². The van der Waals surface area contributed by atoms with Gasteiger partial charge in [-0.25, -0.2) is 18.2 Å². The Morgan fingerprint density at radius 1 is 1.12 bits per heavy atom. The van der Waals surface area contributed by atoms with E-state index in [-0.39, 0.29) is 35.9 Å². The highest BCUT2D eigenvalue weighted by Crippen LogP contribution is 2.35. The third-order valence-electron chi connectivity index (χ3n) is 6.40. The van der Waals surface area contributed by atoms with Crippen molar-refractivity contribution >= 4 is 27.7 Å². The van der Waals surface area contributed by atoms with E-state index in [0.29, 0.717) is 25.1 Å². The Balaban J connectivity index is 1.24. The highest BCUT2D eigenvalue weighted by molar-refractivity contribution is 7.89. The SMILES string of the molecule is O=C(NCc1ccc(S(=O)(=O)N2CC[C@@H]3CN(C(=O)O)C[C@@H]32)cc1)c1ccc2nccn2c1. The number of hydrogen-bond acceptors (Lipinski definition) is 5. The van der Waals surface area contributed by atoms with Gasteiger partial charge in [-0.1, -0.05) is 12.1 Å². The predicted molar refractivity (Wildman–Crippen MR) is 118 cm³/mol. The maximum atomic E-state index is 13.2. The molecular formula is C22H23N5O5S. The molecule has 0 unspecified atom stereocenters. The van der Waals surface area contributed by atoms with E-state index >= 15 is 0 Å². The standard InChI is InChI=1S/C22H23N5O5S/c28-21(17-3-6-20-23-8-10-25(20)13-17)24-11-15-1-4-18(5-2-15)33(31,32)27-9-7-16-12-26(22(29)30)14-19(16)27/h1-6,8,10,13,16,19H,7,9,11-12,14H2,(H,24,28)(H,29,30)/t16-,19+/m1/s1. The van der Waals surface area contributed by atoms with Crippen LogP contribution in [0.5, 0.6) is 0 Å². The average Bonchev–Trinajstić information content (AvgIpc) is 3.52. The Hall–Kier alpha value is -3.44. The van der Waals surface area contributed by atoms with E-state index in [1.54, 1.807) is 47.3 Å². The Bertz CT molecular complexity index is 1320. The smallest absolute Gasteiger partial charge is 0.407 e. The average molecular weight is 470 g/mol. The van der Waals surface area contributed by atoms with Gasteiger partial charge >= 0.3 is 6.09 Å². The summed E-state index contributed by atoms with van der Waals surface area (Å²) in [6, 6.07) is 9.56. The van der Waals surface area contributed by atoms with Gasteiger partial charge in [-0.3, -0.25) is 4.79 Å². The lowest BCUT2D eigenvalue weighted by atomic mass is 10.1. The van der Waals surface area contributed by atoms with Crippen LogP contribution >= 0.6 is 0 Å². The summed E-state index contributed by atoms with van der Waals surface area (Å²) in [6.07, 6.45) is 4.76. The Kier molecular flexibility index (Phi) is 5.29. The molecule has 0 aliphatic carbocycles. The van der Waals surface area contributed by atoms with Gasteiger partial charge < -0.3 is 19.7 Å². The molecule has 2 fully saturated rings. The highest BCUT2D eigenvalue weighted by Gasteiger charge is 2.47. The van der Waals surface area contributed by atoms with Crippen LogP contribution in [0.25, 0.3) is 5.65 Å². The predicted octanol–water partition coefficient (Wildman–Crippen LogP) is 1.64. The number of carboxylic acid groups (broad SMARTS) is 1. The van der Waals surface area contributed by atoms with E-state index in [0.717, 1.165) is 11.2 Å². The maximum absolute atomic E-state index is 13.2. The van der Waals surface area contributed by atoms with Gasteiger partial charge in [-0.15, -0.1) is 0 Å². The van der Waals surface area contributed by atoms with Gasteiger partial charge in [0, 0.05) is 50.8 Å². The van der Waals surface area contributed by atoms with Crippen LogP contribution in [0.2, 0.25) is 0 Å². The second kappa shape index (κ2) is 8.16. The number of fused-ring (bicyclic) bond motifs is 2. The molecule has 2 atom stereocenters. The number of benzene rings is 1. The van der Waals surface area contributed by atoms with Crippen molar-refractivity contribution in [3.63, 3.8) is 0 Å². The van der Waals surface area contributed by atoms with Crippen molar-refractivity contribution in [1.82, 2.24) is 23.9 Å². The van der Waals surface area contributed by atoms with Crippen molar-refractivity contribution in [2.75, 3.05) is 19.6 Å². The summed E-state index contributed by atoms with van der Waals surface area (Å²) in [7, 11) is -3.73. The second-order valence-corrected chi connectivity index (χ2v) is 10.2. The van der Waals surface area contributed by atoms with Gasteiger partial charge in [0.1, 0.15) is 5.65 Å². The zero-order valence-electron chi connectivity index (χ0n) is 17.7. The third-order valence-corrected chi connectivity index (χ3v) is 8.34. The molecule has 2 N–H and O–H groups in total. The molecule has 2 aliphatic heterocycles. The highest BCUT2D eigenvalue weighted by atomic mass is 32.2. The summed E-state index contributed by atoms with van der Waals surface area (Å²) < 4.78 is 29.6. The van der Waals surface area contributed by atoms with Crippen molar-refractivity contribution < 1.29 is 23.1 Å². The molecule has 1 aromatic carbocycles. The molecule has 10 nitrogen and oxygen atoms in total. The number of likely N-dealkylation sites (tertiary alicyclic amines) is 1. The molecular weight excluding hydrogens is 446 g/mol. The fourth-order valence-corrected chi connectivity index (χ4v) is 6.32. The number of imidazole rings is 1. The third kappa shape index (κ3) is 3.93. The first kappa shape index (κ1) is 21.4. The van der Waals surface area contributed by atoms with Gasteiger partial charge in [0.25, 0.3) is 5.91 Å². The van der Waals surface area contributed by atoms with Crippen LogP contribution in [0.15, 0.2) is 59.9 Å². The number of pyridine rings is 1. The van der Waals surface area contributed by atoms with Gasteiger partial charge in [0.15, 0.2) is 0 Å². The van der Waals surface area contributed by atoms with Crippen molar-refractivity contribution in [2.45, 2.75) is 23.9 Å². The number of nitrogens with zero attached hydrogens (tertiary/aromatic N) is 4. The van der Waals surface area contributed by atoms with Crippen LogP contribution < -0.4 is 5.32 Å². The first-order valence-electron chi connectivity index (χ1n) is 10.6. The molecule has 2 aromatic heterocycles. The van der Waals surface area contributed by atoms with E-state index in [1.807, 2.05) is 0 Å². The lowest BCUT2D eigenvalue weighted by Crippen LogP contribution is -2.40. The molecule has 11 heteroatoms. The molecule has 2 saturated heterocycles. The number of aromatic nitrogens is 2. The lowest BCUT2D eigenvalue weighted by Gasteiger charge is -2.23. The van der Waals surface area contributed by atoms with Gasteiger partial charge in [-0.05, 0) is 42.2 Å². The van der Waals surface area contributed by atoms with Crippen LogP contribution in [-0.4, -0.2) is 69.8 Å². The number of nitrogens with one attached hydrogen (secondary N) is 1. The molecule has 4 heterocycles. The summed E-state index contributed by atoms with van der Waals surface area (Å²) in [5.74, 6) is -0.207. The minimum Gasteiger partial charge on any atom is -0.465 e. The van der Waals surface area contributed by atoms with Crippen LogP contribution in [0, 0.1) is 5.92 Å². The normalized spacial score (nSPS) is 20.8. The Morgan fingerprint density at radius 3 is 2.67 bits per heavy atom. The van der Waals surface area contributed by atoms with E-state index < -0.39 is 16.1 Å². The Labute approximate surface area is 190 Å². The second-order valence-electron chi connectivity index (χ2n) is 8.36. The monoisotopic (exact) mass is 469 g/mol. The molecule has 33 heavy (non-hydrogen) atoms. The molecule has 5 rings (SSSR count). The minimum atomic E-state index is -3.73. The first-order chi connectivity index (χ1) is 15.8. The molecule has 172 valence electrons. The van der Waals surface area contributed by atoms with Crippen molar-refractivity contribution in [3.8, 4) is 0 Å². The number of carbonyl (C=O) groups excluding carboxylic acids is 1. The van der Waals surface area contributed by atoms with Gasteiger partial charge in [-0.2, -0.15) is 4.31 Å². The minimum absolute atomic E-state index is 0.0342. The number of hydrogen-bond donors (Lipinski definition) is 2. The van der Waals surface area contributed by atoms with Gasteiger partial charge in [0.05, 0.1) is 10.5 Å². The Morgan fingerprint density at radius 2 is 1.91 bits per heavy atom. The molecule has 0 spiro atoms. The van der Waals surface area contributed by atoms with Crippen molar-refractivity contribution in [2.24, 2.45) is 5.92 Å². The quantitative estimate of drug-likeness (QED) is 0.585.